The summed E-state index contributed by atoms with van der Waals surface area (Å²) in [6, 6.07) is 0. The Morgan fingerprint density at radius 2 is 2.42 bits per heavy atom. The summed E-state index contributed by atoms with van der Waals surface area (Å²) < 4.78 is 2.30. The second-order valence-corrected chi connectivity index (χ2v) is 5.50. The Kier molecular flexibility index (Phi) is 1.83. The first-order valence-electron chi connectivity index (χ1n) is 3.89. The van der Waals surface area contributed by atoms with Crippen molar-refractivity contribution >= 4 is 21.1 Å². The van der Waals surface area contributed by atoms with Crippen LogP contribution in [0.5, 0.6) is 0 Å². The van der Waals surface area contributed by atoms with Gasteiger partial charge in [-0.25, -0.2) is 0 Å². The van der Waals surface area contributed by atoms with Gasteiger partial charge < -0.3 is 0 Å². The molecule has 0 aliphatic carbocycles. The molecule has 12 heavy (non-hydrogen) atoms. The average molecular weight is 230 g/mol. The number of hydrogen-bond donors (Lipinski definition) is 1. The molecule has 0 aromatic rings. The summed E-state index contributed by atoms with van der Waals surface area (Å²) in [6.07, 6.45) is 4.93. The van der Waals surface area contributed by atoms with Crippen LogP contribution in [0.4, 0.5) is 0 Å². The fraction of sp³-hybridized carbons (Fsp3) is 0.375. The average Bonchev–Trinajstić information content (AvgIpc) is 2.32. The van der Waals surface area contributed by atoms with E-state index in [0.29, 0.717) is 5.91 Å². The van der Waals surface area contributed by atoms with Crippen molar-refractivity contribution in [2.45, 2.75) is 6.42 Å². The van der Waals surface area contributed by atoms with Gasteiger partial charge in [0, 0.05) is 0 Å². The van der Waals surface area contributed by atoms with Crippen molar-refractivity contribution in [3.63, 3.8) is 0 Å². The van der Waals surface area contributed by atoms with E-state index in [1.165, 1.54) is 4.60 Å². The summed E-state index contributed by atoms with van der Waals surface area (Å²) in [7, 11) is 3.97. The normalized spacial score (nSPS) is 28.3. The van der Waals surface area contributed by atoms with Gasteiger partial charge in [-0.15, -0.1) is 0 Å². The maximum atomic E-state index is 11.5. The van der Waals surface area contributed by atoms with Crippen molar-refractivity contribution in [1.29, 1.82) is 0 Å². The molecule has 2 heterocycles. The standard InChI is InChI=1S/C8H10N2OSe/c1-9-5-3-4-6-7(11)10(2)12-8(6)9/h3,5H,4H2,1-2H3/p+1. The molecule has 3 nitrogen and oxygen atoms in total. The molecule has 0 spiro atoms. The Balaban J connectivity index is 2.34. The van der Waals surface area contributed by atoms with Gasteiger partial charge in [0.05, 0.1) is 0 Å². The number of carbonyl (C=O) groups excluding carboxylic acids is 1. The summed E-state index contributed by atoms with van der Waals surface area (Å²) in [4.78, 5) is 13.6. The number of hydrogen-bond acceptors (Lipinski definition) is 2. The molecule has 1 atom stereocenters. The molecule has 0 aromatic heterocycles. The molecule has 0 saturated heterocycles. The molecule has 2 aliphatic heterocycles. The number of allylic oxidation sites excluding steroid dienone is 1. The molecule has 2 aliphatic rings. The Morgan fingerprint density at radius 3 is 3.08 bits per heavy atom. The maximum absolute atomic E-state index is 11.5. The molecular formula is C8H11N2OSe+. The third kappa shape index (κ3) is 1.04. The van der Waals surface area contributed by atoms with Crippen molar-refractivity contribution in [3.05, 3.63) is 22.4 Å². The molecular weight excluding hydrogens is 219 g/mol. The van der Waals surface area contributed by atoms with Gasteiger partial charge in [-0.05, 0) is 0 Å². The van der Waals surface area contributed by atoms with E-state index in [9.17, 15) is 4.79 Å². The van der Waals surface area contributed by atoms with E-state index in [4.69, 9.17) is 0 Å². The third-order valence-corrected chi connectivity index (χ3v) is 4.63. The SMILES string of the molecule is CN1C=CCC2=C1[Se][NH+](C)C2=O. The van der Waals surface area contributed by atoms with Gasteiger partial charge in [0.25, 0.3) is 0 Å². The van der Waals surface area contributed by atoms with E-state index in [1.807, 2.05) is 26.4 Å². The predicted octanol–water partition coefficient (Wildman–Crippen LogP) is -1.28. The summed E-state index contributed by atoms with van der Waals surface area (Å²) >= 11 is 0.284. The van der Waals surface area contributed by atoms with E-state index < -0.39 is 0 Å². The second-order valence-electron chi connectivity index (χ2n) is 2.97. The third-order valence-electron chi connectivity index (χ3n) is 2.07. The number of carbonyl (C=O) groups is 1. The van der Waals surface area contributed by atoms with Crippen LogP contribution in [-0.2, 0) is 4.79 Å². The monoisotopic (exact) mass is 231 g/mol. The van der Waals surface area contributed by atoms with Crippen LogP contribution >= 0.6 is 0 Å². The number of amides is 1. The van der Waals surface area contributed by atoms with Gasteiger partial charge in [-0.1, -0.05) is 0 Å². The molecule has 0 saturated carbocycles. The molecule has 2 rings (SSSR count). The Hall–Kier alpha value is -0.571. The van der Waals surface area contributed by atoms with Gasteiger partial charge in [0.2, 0.25) is 0 Å². The predicted molar refractivity (Wildman–Crippen MR) is 46.2 cm³/mol. The van der Waals surface area contributed by atoms with Gasteiger partial charge in [-0.2, -0.15) is 0 Å². The van der Waals surface area contributed by atoms with Crippen LogP contribution in [0, 0.1) is 0 Å². The van der Waals surface area contributed by atoms with Crippen LogP contribution in [0.1, 0.15) is 6.42 Å². The van der Waals surface area contributed by atoms with Gasteiger partial charge in [-0.3, -0.25) is 0 Å². The molecule has 4 heteroatoms. The number of nitrogens with zero attached hydrogens (tertiary/aromatic N) is 1. The Labute approximate surface area is 78.1 Å². The number of rotatable bonds is 0. The van der Waals surface area contributed by atoms with Gasteiger partial charge in [0.15, 0.2) is 0 Å². The van der Waals surface area contributed by atoms with Crippen molar-refractivity contribution in [2.24, 2.45) is 0 Å². The van der Waals surface area contributed by atoms with Crippen molar-refractivity contribution in [3.8, 4) is 0 Å². The van der Waals surface area contributed by atoms with E-state index in [-0.39, 0.29) is 15.2 Å². The summed E-state index contributed by atoms with van der Waals surface area (Å²) in [6.45, 7) is 0. The molecule has 0 aromatic carbocycles. The first-order valence-corrected chi connectivity index (χ1v) is 5.60. The zero-order valence-corrected chi connectivity index (χ0v) is 8.84. The molecule has 1 unspecified atom stereocenters. The topological polar surface area (TPSA) is 24.8 Å². The molecule has 0 radical (unpaired) electrons. The number of quaternary nitrogens is 1. The van der Waals surface area contributed by atoms with Crippen LogP contribution in [0.2, 0.25) is 0 Å². The number of likely N-dealkylation sites (N-methyl/N-ethyl adjacent to an activating group) is 1. The number of nitrogens with one attached hydrogen (secondary N) is 1. The molecule has 1 amide bonds. The fourth-order valence-corrected chi connectivity index (χ4v) is 3.54. The Bertz CT molecular complexity index is 295. The molecule has 64 valence electrons. The van der Waals surface area contributed by atoms with Crippen molar-refractivity contribution in [2.75, 3.05) is 14.1 Å². The molecule has 0 bridgehead atoms. The first kappa shape index (κ1) is 8.05. The second kappa shape index (κ2) is 2.73. The van der Waals surface area contributed by atoms with E-state index in [2.05, 4.69) is 4.90 Å². The van der Waals surface area contributed by atoms with Crippen molar-refractivity contribution < 1.29 is 8.71 Å². The van der Waals surface area contributed by atoms with Crippen LogP contribution in [-0.4, -0.2) is 40.1 Å². The van der Waals surface area contributed by atoms with Gasteiger partial charge >= 0.3 is 77.7 Å². The molecule has 0 fully saturated rings. The van der Waals surface area contributed by atoms with E-state index >= 15 is 0 Å². The van der Waals surface area contributed by atoms with Gasteiger partial charge in [0.1, 0.15) is 0 Å². The summed E-state index contributed by atoms with van der Waals surface area (Å²) in [5, 5.41) is 0. The fourth-order valence-electron chi connectivity index (χ4n) is 1.42. The first-order chi connectivity index (χ1) is 5.70. The summed E-state index contributed by atoms with van der Waals surface area (Å²) in [5.41, 5.74) is 1.03. The summed E-state index contributed by atoms with van der Waals surface area (Å²) in [5.74, 6) is 0.293. The van der Waals surface area contributed by atoms with E-state index in [1.54, 1.807) is 0 Å². The minimum atomic E-state index is 0.284. The quantitative estimate of drug-likeness (QED) is 0.524. The van der Waals surface area contributed by atoms with Crippen molar-refractivity contribution in [1.82, 2.24) is 4.90 Å². The molecule has 1 N–H and O–H groups in total. The Morgan fingerprint density at radius 1 is 1.67 bits per heavy atom. The zero-order valence-electron chi connectivity index (χ0n) is 7.13. The zero-order chi connectivity index (χ0) is 8.72. The van der Waals surface area contributed by atoms with Crippen LogP contribution in [0.3, 0.4) is 0 Å². The minimum absolute atomic E-state index is 0.284. The van der Waals surface area contributed by atoms with E-state index in [0.717, 1.165) is 15.9 Å². The van der Waals surface area contributed by atoms with Crippen LogP contribution in [0.25, 0.3) is 0 Å². The van der Waals surface area contributed by atoms with Crippen LogP contribution in [0.15, 0.2) is 22.4 Å². The van der Waals surface area contributed by atoms with Crippen LogP contribution < -0.4 is 3.92 Å².